The van der Waals surface area contributed by atoms with E-state index < -0.39 is 11.8 Å². The molecule has 27 heavy (non-hydrogen) atoms. The molecular formula is C21H16N2O4. The molecule has 6 heteroatoms. The van der Waals surface area contributed by atoms with Gasteiger partial charge >= 0.3 is 0 Å². The molecule has 0 aromatic heterocycles. The van der Waals surface area contributed by atoms with Crippen LogP contribution < -0.4 is 9.80 Å². The van der Waals surface area contributed by atoms with Gasteiger partial charge in [0, 0.05) is 23.7 Å². The number of carbonyl (C=O) groups excluding carboxylic acids is 4. The number of anilines is 2. The zero-order valence-electron chi connectivity index (χ0n) is 14.9. The molecule has 0 unspecified atom stereocenters. The van der Waals surface area contributed by atoms with Crippen molar-refractivity contribution in [3.8, 4) is 0 Å². The van der Waals surface area contributed by atoms with Crippen molar-refractivity contribution in [2.24, 2.45) is 0 Å². The van der Waals surface area contributed by atoms with Gasteiger partial charge in [0.15, 0.2) is 5.78 Å². The first-order valence-corrected chi connectivity index (χ1v) is 8.49. The highest BCUT2D eigenvalue weighted by molar-refractivity contribution is 6.41. The smallest absolute Gasteiger partial charge is 0.262 e. The first-order valence-electron chi connectivity index (χ1n) is 8.49. The summed E-state index contributed by atoms with van der Waals surface area (Å²) in [7, 11) is 1.65. The maximum Gasteiger partial charge on any atom is 0.262 e. The molecule has 4 rings (SSSR count). The number of para-hydroxylation sites is 1. The number of rotatable bonds is 2. The van der Waals surface area contributed by atoms with Crippen LogP contribution in [0, 0.1) is 0 Å². The Bertz CT molecular complexity index is 1050. The van der Waals surface area contributed by atoms with Crippen LogP contribution in [-0.2, 0) is 14.4 Å². The normalized spacial score (nSPS) is 19.1. The predicted octanol–water partition coefficient (Wildman–Crippen LogP) is 2.58. The molecule has 134 valence electrons. The Morgan fingerprint density at radius 2 is 1.59 bits per heavy atom. The maximum atomic E-state index is 13.0. The lowest BCUT2D eigenvalue weighted by molar-refractivity contribution is -0.121. The minimum absolute atomic E-state index is 0.0976. The van der Waals surface area contributed by atoms with Crippen molar-refractivity contribution in [3.63, 3.8) is 0 Å². The fraction of sp³-hybridized carbons (Fsp3) is 0.143. The van der Waals surface area contributed by atoms with Crippen molar-refractivity contribution in [1.29, 1.82) is 0 Å². The summed E-state index contributed by atoms with van der Waals surface area (Å²) >= 11 is 0. The van der Waals surface area contributed by atoms with E-state index in [0.717, 1.165) is 10.6 Å². The molecule has 1 fully saturated rings. The second-order valence-corrected chi connectivity index (χ2v) is 6.55. The highest BCUT2D eigenvalue weighted by atomic mass is 16.2. The van der Waals surface area contributed by atoms with Crippen molar-refractivity contribution >= 4 is 40.5 Å². The third-order valence-corrected chi connectivity index (χ3v) is 4.93. The Kier molecular flexibility index (Phi) is 3.77. The minimum Gasteiger partial charge on any atom is -0.311 e. The van der Waals surface area contributed by atoms with E-state index in [4.69, 9.17) is 0 Å². The number of likely N-dealkylation sites (N-methyl/N-ethyl adjacent to an activating group) is 1. The van der Waals surface area contributed by atoms with E-state index in [1.54, 1.807) is 49.5 Å². The first-order chi connectivity index (χ1) is 12.9. The fourth-order valence-electron chi connectivity index (χ4n) is 3.52. The summed E-state index contributed by atoms with van der Waals surface area (Å²) < 4.78 is 0. The standard InChI is InChI=1S/C21H16N2O4/c1-12(24)13-7-9-14(10-8-13)23-18(25)11-16(20(23)26)19-15-5-3-4-6-17(15)22(2)21(19)27/h3-10H,11H2,1-2H3/b19-16-. The van der Waals surface area contributed by atoms with Gasteiger partial charge < -0.3 is 4.90 Å². The molecular weight excluding hydrogens is 344 g/mol. The van der Waals surface area contributed by atoms with E-state index in [1.807, 2.05) is 6.07 Å². The van der Waals surface area contributed by atoms with Crippen molar-refractivity contribution in [3.05, 3.63) is 65.2 Å². The van der Waals surface area contributed by atoms with Gasteiger partial charge in [-0.05, 0) is 37.3 Å². The predicted molar refractivity (Wildman–Crippen MR) is 100 cm³/mol. The number of Topliss-reactive ketones (excluding diaryl/α,β-unsaturated/α-hetero) is 1. The molecule has 1 saturated heterocycles. The Hall–Kier alpha value is -3.54. The van der Waals surface area contributed by atoms with Crippen LogP contribution in [0.15, 0.2) is 54.1 Å². The number of benzene rings is 2. The van der Waals surface area contributed by atoms with Gasteiger partial charge in [0.2, 0.25) is 5.91 Å². The summed E-state index contributed by atoms with van der Waals surface area (Å²) in [6.07, 6.45) is -0.128. The zero-order valence-corrected chi connectivity index (χ0v) is 14.9. The van der Waals surface area contributed by atoms with Crippen LogP contribution >= 0.6 is 0 Å². The molecule has 2 heterocycles. The summed E-state index contributed by atoms with van der Waals surface area (Å²) in [6.45, 7) is 1.45. The number of nitrogens with zero attached hydrogens (tertiary/aromatic N) is 2. The highest BCUT2D eigenvalue weighted by Gasteiger charge is 2.42. The number of fused-ring (bicyclic) bond motifs is 1. The van der Waals surface area contributed by atoms with Crippen molar-refractivity contribution in [2.75, 3.05) is 16.8 Å². The lowest BCUT2D eigenvalue weighted by Gasteiger charge is -2.14. The lowest BCUT2D eigenvalue weighted by atomic mass is 10.00. The summed E-state index contributed by atoms with van der Waals surface area (Å²) in [5, 5.41) is 0. The molecule has 2 aliphatic rings. The van der Waals surface area contributed by atoms with Crippen molar-refractivity contribution in [2.45, 2.75) is 13.3 Å². The Balaban J connectivity index is 1.79. The maximum absolute atomic E-state index is 13.0. The topological polar surface area (TPSA) is 74.8 Å². The number of carbonyl (C=O) groups is 4. The number of ketones is 1. The molecule has 2 aliphatic heterocycles. The molecule has 6 nitrogen and oxygen atoms in total. The van der Waals surface area contributed by atoms with Crippen LogP contribution in [0.2, 0.25) is 0 Å². The van der Waals surface area contributed by atoms with E-state index in [9.17, 15) is 19.2 Å². The van der Waals surface area contributed by atoms with Crippen LogP contribution in [-0.4, -0.2) is 30.6 Å². The molecule has 0 bridgehead atoms. The number of amides is 3. The third kappa shape index (κ3) is 2.49. The largest absolute Gasteiger partial charge is 0.311 e. The van der Waals surface area contributed by atoms with Gasteiger partial charge in [0.1, 0.15) is 0 Å². The van der Waals surface area contributed by atoms with E-state index >= 15 is 0 Å². The van der Waals surface area contributed by atoms with Crippen molar-refractivity contribution < 1.29 is 19.2 Å². The highest BCUT2D eigenvalue weighted by Crippen LogP contribution is 2.40. The minimum atomic E-state index is -0.496. The number of hydrogen-bond acceptors (Lipinski definition) is 4. The Morgan fingerprint density at radius 3 is 2.26 bits per heavy atom. The fourth-order valence-corrected chi connectivity index (χ4v) is 3.52. The van der Waals surface area contributed by atoms with Gasteiger partial charge in [-0.1, -0.05) is 18.2 Å². The lowest BCUT2D eigenvalue weighted by Crippen LogP contribution is -2.29. The molecule has 0 N–H and O–H groups in total. The molecule has 3 amide bonds. The van der Waals surface area contributed by atoms with Gasteiger partial charge in [-0.15, -0.1) is 0 Å². The van der Waals surface area contributed by atoms with Crippen LogP contribution in [0.4, 0.5) is 11.4 Å². The molecule has 0 radical (unpaired) electrons. The molecule has 0 atom stereocenters. The molecule has 0 saturated carbocycles. The van der Waals surface area contributed by atoms with E-state index in [2.05, 4.69) is 0 Å². The van der Waals surface area contributed by atoms with E-state index in [-0.39, 0.29) is 29.3 Å². The number of hydrogen-bond donors (Lipinski definition) is 0. The molecule has 2 aromatic rings. The van der Waals surface area contributed by atoms with Crippen LogP contribution in [0.3, 0.4) is 0 Å². The summed E-state index contributed by atoms with van der Waals surface area (Å²) in [5.74, 6) is -1.28. The van der Waals surface area contributed by atoms with Gasteiger partial charge in [0.25, 0.3) is 11.8 Å². The molecule has 0 aliphatic carbocycles. The van der Waals surface area contributed by atoms with Gasteiger partial charge in [0.05, 0.1) is 23.4 Å². The molecule has 0 spiro atoms. The van der Waals surface area contributed by atoms with Crippen LogP contribution in [0.5, 0.6) is 0 Å². The summed E-state index contributed by atoms with van der Waals surface area (Å²) in [6, 6.07) is 13.5. The summed E-state index contributed by atoms with van der Waals surface area (Å²) in [4.78, 5) is 52.2. The number of imide groups is 1. The second-order valence-electron chi connectivity index (χ2n) is 6.55. The quantitative estimate of drug-likeness (QED) is 0.469. The van der Waals surface area contributed by atoms with Gasteiger partial charge in [-0.25, -0.2) is 4.90 Å². The summed E-state index contributed by atoms with van der Waals surface area (Å²) in [5.41, 5.74) is 2.76. The average Bonchev–Trinajstić information content (AvgIpc) is 3.08. The Labute approximate surface area is 155 Å². The molecule has 2 aromatic carbocycles. The second kappa shape index (κ2) is 6.02. The average molecular weight is 360 g/mol. The van der Waals surface area contributed by atoms with Crippen LogP contribution in [0.1, 0.15) is 29.3 Å². The van der Waals surface area contributed by atoms with E-state index in [1.165, 1.54) is 11.8 Å². The third-order valence-electron chi connectivity index (χ3n) is 4.93. The van der Waals surface area contributed by atoms with Crippen LogP contribution in [0.25, 0.3) is 5.57 Å². The van der Waals surface area contributed by atoms with Gasteiger partial charge in [-0.2, -0.15) is 0 Å². The Morgan fingerprint density at radius 1 is 0.926 bits per heavy atom. The monoisotopic (exact) mass is 360 g/mol. The van der Waals surface area contributed by atoms with Gasteiger partial charge in [-0.3, -0.25) is 19.2 Å². The first kappa shape index (κ1) is 16.9. The zero-order chi connectivity index (χ0) is 19.3. The SMILES string of the molecule is CC(=O)c1ccc(N2C(=O)C/C(=C3/C(=O)N(C)c4ccccc43)C2=O)cc1. The van der Waals surface area contributed by atoms with E-state index in [0.29, 0.717) is 16.8 Å². The van der Waals surface area contributed by atoms with Crippen molar-refractivity contribution in [1.82, 2.24) is 0 Å².